The van der Waals surface area contributed by atoms with Crippen molar-refractivity contribution >= 4 is 49.1 Å². The van der Waals surface area contributed by atoms with Crippen LogP contribution < -0.4 is 5.32 Å². The molecule has 0 atom stereocenters. The van der Waals surface area contributed by atoms with Crippen molar-refractivity contribution in [3.05, 3.63) is 61.7 Å². The minimum atomic E-state index is -0.280. The molecule has 0 fully saturated rings. The number of benzene rings is 2. The van der Waals surface area contributed by atoms with Crippen LogP contribution in [0.3, 0.4) is 0 Å². The summed E-state index contributed by atoms with van der Waals surface area (Å²) >= 11 is 12.4. The van der Waals surface area contributed by atoms with E-state index in [0.717, 1.165) is 15.7 Å². The predicted molar refractivity (Wildman–Crippen MR) is 80.6 cm³/mol. The molecule has 0 heterocycles. The molecule has 0 aliphatic carbocycles. The monoisotopic (exact) mass is 391 g/mol. The predicted octanol–water partition coefficient (Wildman–Crippen LogP) is 5.62. The van der Waals surface area contributed by atoms with E-state index in [1.807, 2.05) is 24.3 Å². The Morgan fingerprint density at radius 2 is 1.83 bits per heavy atom. The normalized spacial score (nSPS) is 10.4. The van der Waals surface area contributed by atoms with E-state index in [1.165, 1.54) is 6.07 Å². The van der Waals surface area contributed by atoms with Gasteiger partial charge in [-0.15, -0.1) is 0 Å². The van der Waals surface area contributed by atoms with Crippen molar-refractivity contribution in [1.29, 1.82) is 0 Å². The van der Waals surface area contributed by atoms with Crippen molar-refractivity contribution in [3.63, 3.8) is 0 Å². The van der Waals surface area contributed by atoms with Crippen LogP contribution in [0.4, 0.5) is 10.1 Å². The summed E-state index contributed by atoms with van der Waals surface area (Å²) in [7, 11) is 0. The molecule has 0 radical (unpaired) electrons. The maximum atomic E-state index is 13.3. The molecular formula is C13H9Br2ClFN. The minimum Gasteiger partial charge on any atom is -0.381 e. The molecule has 94 valence electrons. The Kier molecular flexibility index (Phi) is 4.65. The van der Waals surface area contributed by atoms with E-state index < -0.39 is 0 Å². The van der Waals surface area contributed by atoms with Gasteiger partial charge in [0.25, 0.3) is 0 Å². The zero-order valence-corrected chi connectivity index (χ0v) is 13.1. The molecule has 0 amide bonds. The largest absolute Gasteiger partial charge is 0.381 e. The molecule has 1 nitrogen and oxygen atoms in total. The van der Waals surface area contributed by atoms with Crippen LogP contribution >= 0.6 is 43.5 Å². The Labute approximate surface area is 127 Å². The Morgan fingerprint density at radius 1 is 1.06 bits per heavy atom. The van der Waals surface area contributed by atoms with Crippen LogP contribution in [0.5, 0.6) is 0 Å². The van der Waals surface area contributed by atoms with Crippen molar-refractivity contribution in [3.8, 4) is 0 Å². The lowest BCUT2D eigenvalue weighted by Crippen LogP contribution is -1.99. The molecule has 0 bridgehead atoms. The molecule has 0 spiro atoms. The maximum absolute atomic E-state index is 13.3. The van der Waals surface area contributed by atoms with Crippen LogP contribution in [0, 0.1) is 5.82 Å². The first-order chi connectivity index (χ1) is 8.56. The van der Waals surface area contributed by atoms with Gasteiger partial charge in [-0.3, -0.25) is 0 Å². The summed E-state index contributed by atoms with van der Waals surface area (Å²) in [5.41, 5.74) is 1.80. The van der Waals surface area contributed by atoms with Gasteiger partial charge in [-0.25, -0.2) is 4.39 Å². The molecule has 18 heavy (non-hydrogen) atoms. The van der Waals surface area contributed by atoms with Gasteiger partial charge in [-0.05, 0) is 67.8 Å². The van der Waals surface area contributed by atoms with Crippen LogP contribution in [0.2, 0.25) is 5.02 Å². The standard InChI is InChI=1S/C13H9Br2ClFN/c14-10-3-2-9(6-13(10)17)18-7-8-1-4-12(16)11(15)5-8/h1-6,18H,7H2. The smallest absolute Gasteiger partial charge is 0.139 e. The summed E-state index contributed by atoms with van der Waals surface area (Å²) in [6, 6.07) is 10.6. The third kappa shape index (κ3) is 3.46. The lowest BCUT2D eigenvalue weighted by Gasteiger charge is -2.08. The summed E-state index contributed by atoms with van der Waals surface area (Å²) in [6.45, 7) is 0.608. The van der Waals surface area contributed by atoms with Crippen molar-refractivity contribution < 1.29 is 4.39 Å². The van der Waals surface area contributed by atoms with Gasteiger partial charge in [-0.2, -0.15) is 0 Å². The van der Waals surface area contributed by atoms with Crippen LogP contribution in [-0.2, 0) is 6.54 Å². The van der Waals surface area contributed by atoms with E-state index in [1.54, 1.807) is 6.07 Å². The second-order valence-electron chi connectivity index (χ2n) is 3.73. The Balaban J connectivity index is 2.06. The average molecular weight is 393 g/mol. The third-order valence-electron chi connectivity index (χ3n) is 2.40. The summed E-state index contributed by atoms with van der Waals surface area (Å²) in [5.74, 6) is -0.280. The summed E-state index contributed by atoms with van der Waals surface area (Å²) in [4.78, 5) is 0. The first-order valence-corrected chi connectivity index (χ1v) is 7.15. The molecule has 0 aliphatic rings. The summed E-state index contributed by atoms with van der Waals surface area (Å²) in [6.07, 6.45) is 0. The molecular weight excluding hydrogens is 384 g/mol. The fourth-order valence-electron chi connectivity index (χ4n) is 1.46. The van der Waals surface area contributed by atoms with Gasteiger partial charge in [0.05, 0.1) is 9.50 Å². The number of anilines is 1. The number of hydrogen-bond donors (Lipinski definition) is 1. The first-order valence-electron chi connectivity index (χ1n) is 5.19. The lowest BCUT2D eigenvalue weighted by molar-refractivity contribution is 0.621. The highest BCUT2D eigenvalue weighted by Gasteiger charge is 2.02. The number of nitrogens with one attached hydrogen (secondary N) is 1. The number of rotatable bonds is 3. The molecule has 5 heteroatoms. The van der Waals surface area contributed by atoms with Crippen LogP contribution in [0.1, 0.15) is 5.56 Å². The molecule has 0 saturated heterocycles. The Hall–Kier alpha value is -0.580. The zero-order valence-electron chi connectivity index (χ0n) is 9.18. The lowest BCUT2D eigenvalue weighted by atomic mass is 10.2. The zero-order chi connectivity index (χ0) is 13.1. The molecule has 2 rings (SSSR count). The number of halogens is 4. The molecule has 1 N–H and O–H groups in total. The summed E-state index contributed by atoms with van der Waals surface area (Å²) in [5, 5.41) is 3.83. The maximum Gasteiger partial charge on any atom is 0.139 e. The van der Waals surface area contributed by atoms with Gasteiger partial charge in [-0.1, -0.05) is 17.7 Å². The van der Waals surface area contributed by atoms with Crippen LogP contribution in [-0.4, -0.2) is 0 Å². The highest BCUT2D eigenvalue weighted by molar-refractivity contribution is 9.10. The van der Waals surface area contributed by atoms with Gasteiger partial charge in [0.15, 0.2) is 0 Å². The van der Waals surface area contributed by atoms with Crippen LogP contribution in [0.15, 0.2) is 45.3 Å². The molecule has 2 aromatic carbocycles. The molecule has 2 aromatic rings. The topological polar surface area (TPSA) is 12.0 Å². The van der Waals surface area contributed by atoms with E-state index in [9.17, 15) is 4.39 Å². The SMILES string of the molecule is Fc1cc(NCc2ccc(Cl)c(Br)c2)ccc1Br. The molecule has 0 aliphatic heterocycles. The van der Waals surface area contributed by atoms with Crippen molar-refractivity contribution in [1.82, 2.24) is 0 Å². The first kappa shape index (κ1) is 13.8. The van der Waals surface area contributed by atoms with E-state index in [0.29, 0.717) is 16.0 Å². The van der Waals surface area contributed by atoms with E-state index in [-0.39, 0.29) is 5.82 Å². The fraction of sp³-hybridized carbons (Fsp3) is 0.0769. The van der Waals surface area contributed by atoms with Crippen molar-refractivity contribution in [2.75, 3.05) is 5.32 Å². The second kappa shape index (κ2) is 6.04. The van der Waals surface area contributed by atoms with E-state index >= 15 is 0 Å². The molecule has 0 aromatic heterocycles. The molecule has 0 unspecified atom stereocenters. The molecule has 0 saturated carbocycles. The van der Waals surface area contributed by atoms with Gasteiger partial charge in [0, 0.05) is 16.7 Å². The van der Waals surface area contributed by atoms with Gasteiger partial charge in [0.1, 0.15) is 5.82 Å². The Morgan fingerprint density at radius 3 is 2.50 bits per heavy atom. The Bertz CT molecular complexity index is 523. The van der Waals surface area contributed by atoms with E-state index in [4.69, 9.17) is 11.6 Å². The average Bonchev–Trinajstić information content (AvgIpc) is 2.35. The highest BCUT2D eigenvalue weighted by Crippen LogP contribution is 2.24. The van der Waals surface area contributed by atoms with Crippen molar-refractivity contribution in [2.24, 2.45) is 0 Å². The fourth-order valence-corrected chi connectivity index (χ4v) is 2.25. The highest BCUT2D eigenvalue weighted by atomic mass is 79.9. The summed E-state index contributed by atoms with van der Waals surface area (Å²) < 4.78 is 14.6. The van der Waals surface area contributed by atoms with Gasteiger partial charge in [0.2, 0.25) is 0 Å². The van der Waals surface area contributed by atoms with Crippen LogP contribution in [0.25, 0.3) is 0 Å². The third-order valence-corrected chi connectivity index (χ3v) is 4.26. The van der Waals surface area contributed by atoms with Gasteiger partial charge >= 0.3 is 0 Å². The van der Waals surface area contributed by atoms with Gasteiger partial charge < -0.3 is 5.32 Å². The quantitative estimate of drug-likeness (QED) is 0.714. The second-order valence-corrected chi connectivity index (χ2v) is 5.85. The van der Waals surface area contributed by atoms with Crippen molar-refractivity contribution in [2.45, 2.75) is 6.54 Å². The minimum absolute atomic E-state index is 0.280. The number of hydrogen-bond acceptors (Lipinski definition) is 1. The van der Waals surface area contributed by atoms with E-state index in [2.05, 4.69) is 37.2 Å².